The van der Waals surface area contributed by atoms with Gasteiger partial charge in [-0.2, -0.15) is 4.99 Å². The molecule has 6 heteroatoms. The van der Waals surface area contributed by atoms with E-state index < -0.39 is 0 Å². The average Bonchev–Trinajstić information content (AvgIpc) is 3.18. The van der Waals surface area contributed by atoms with Crippen LogP contribution in [-0.2, 0) is 11.3 Å². The number of aromatic nitrogens is 1. The van der Waals surface area contributed by atoms with Crippen LogP contribution in [-0.4, -0.2) is 30.3 Å². The molecule has 0 bridgehead atoms. The second kappa shape index (κ2) is 10.4. The van der Waals surface area contributed by atoms with E-state index in [-0.39, 0.29) is 5.91 Å². The van der Waals surface area contributed by atoms with Crippen molar-refractivity contribution >= 4 is 27.5 Å². The third-order valence-corrected chi connectivity index (χ3v) is 6.11. The normalized spacial score (nSPS) is 11.8. The molecule has 0 fully saturated rings. The zero-order chi connectivity index (χ0) is 22.3. The van der Waals surface area contributed by atoms with Crippen LogP contribution >= 0.6 is 11.3 Å². The SMILES string of the molecule is CCOCCn1c(=NC(=O)c2ccc(-c3ccccc3)cc2)sc2cccc(OCC)c21. The number of hydrogen-bond donors (Lipinski definition) is 0. The fourth-order valence-corrected chi connectivity index (χ4v) is 4.62. The predicted molar refractivity (Wildman–Crippen MR) is 129 cm³/mol. The number of nitrogens with zero attached hydrogens (tertiary/aromatic N) is 2. The van der Waals surface area contributed by atoms with Gasteiger partial charge in [0.1, 0.15) is 11.3 Å². The zero-order valence-corrected chi connectivity index (χ0v) is 19.1. The molecular formula is C26H26N2O3S. The van der Waals surface area contributed by atoms with Crippen molar-refractivity contribution in [3.05, 3.63) is 83.2 Å². The molecule has 0 aliphatic rings. The van der Waals surface area contributed by atoms with Crippen LogP contribution in [0.5, 0.6) is 5.75 Å². The van der Waals surface area contributed by atoms with Gasteiger partial charge in [0.2, 0.25) is 0 Å². The lowest BCUT2D eigenvalue weighted by Gasteiger charge is -2.10. The lowest BCUT2D eigenvalue weighted by molar-refractivity contribution is 0.0996. The molecule has 0 atom stereocenters. The molecule has 3 aromatic carbocycles. The van der Waals surface area contributed by atoms with Crippen molar-refractivity contribution in [3.8, 4) is 16.9 Å². The van der Waals surface area contributed by atoms with E-state index in [1.165, 1.54) is 11.3 Å². The minimum Gasteiger partial charge on any atom is -0.492 e. The Morgan fingerprint density at radius 3 is 2.38 bits per heavy atom. The topological polar surface area (TPSA) is 52.8 Å². The summed E-state index contributed by atoms with van der Waals surface area (Å²) in [5.74, 6) is 0.526. The minimum atomic E-state index is -0.265. The number of rotatable bonds is 8. The highest BCUT2D eigenvalue weighted by atomic mass is 32.1. The number of thiazole rings is 1. The maximum atomic E-state index is 13.0. The Kier molecular flexibility index (Phi) is 7.14. The lowest BCUT2D eigenvalue weighted by atomic mass is 10.0. The van der Waals surface area contributed by atoms with Crippen molar-refractivity contribution in [3.63, 3.8) is 0 Å². The van der Waals surface area contributed by atoms with Crippen LogP contribution in [0.4, 0.5) is 0 Å². The molecule has 0 saturated carbocycles. The summed E-state index contributed by atoms with van der Waals surface area (Å²) in [6.07, 6.45) is 0. The Morgan fingerprint density at radius 2 is 1.66 bits per heavy atom. The molecular weight excluding hydrogens is 420 g/mol. The Labute approximate surface area is 191 Å². The molecule has 32 heavy (non-hydrogen) atoms. The molecule has 0 radical (unpaired) electrons. The molecule has 4 rings (SSSR count). The fraction of sp³-hybridized carbons (Fsp3) is 0.231. The second-order valence-corrected chi connectivity index (χ2v) is 8.14. The van der Waals surface area contributed by atoms with Gasteiger partial charge in [0.05, 0.1) is 17.9 Å². The van der Waals surface area contributed by atoms with Gasteiger partial charge in [0.15, 0.2) is 4.80 Å². The first-order valence-electron chi connectivity index (χ1n) is 10.8. The molecule has 0 saturated heterocycles. The van der Waals surface area contributed by atoms with Crippen molar-refractivity contribution < 1.29 is 14.3 Å². The molecule has 1 amide bonds. The number of benzene rings is 3. The number of fused-ring (bicyclic) bond motifs is 1. The van der Waals surface area contributed by atoms with Crippen molar-refractivity contribution in [2.45, 2.75) is 20.4 Å². The maximum Gasteiger partial charge on any atom is 0.279 e. The third-order valence-electron chi connectivity index (χ3n) is 5.06. The van der Waals surface area contributed by atoms with E-state index in [1.54, 1.807) is 0 Å². The standard InChI is InChI=1S/C26H26N2O3S/c1-3-30-18-17-28-24-22(31-4-2)11-8-12-23(24)32-26(28)27-25(29)21-15-13-20(14-16-21)19-9-6-5-7-10-19/h5-16H,3-4,17-18H2,1-2H3. The number of hydrogen-bond acceptors (Lipinski definition) is 4. The Hall–Kier alpha value is -3.22. The van der Waals surface area contributed by atoms with E-state index in [0.29, 0.717) is 36.7 Å². The van der Waals surface area contributed by atoms with Crippen LogP contribution in [0.3, 0.4) is 0 Å². The second-order valence-electron chi connectivity index (χ2n) is 7.13. The van der Waals surface area contributed by atoms with Crippen molar-refractivity contribution in [2.75, 3.05) is 19.8 Å². The molecule has 0 unspecified atom stereocenters. The summed E-state index contributed by atoms with van der Waals surface area (Å²) in [4.78, 5) is 18.1. The number of carbonyl (C=O) groups is 1. The lowest BCUT2D eigenvalue weighted by Crippen LogP contribution is -2.20. The highest BCUT2D eigenvalue weighted by Crippen LogP contribution is 2.28. The summed E-state index contributed by atoms with van der Waals surface area (Å²) in [5, 5.41) is 0. The zero-order valence-electron chi connectivity index (χ0n) is 18.3. The summed E-state index contributed by atoms with van der Waals surface area (Å²) in [7, 11) is 0. The van der Waals surface area contributed by atoms with Crippen LogP contribution in [0.1, 0.15) is 24.2 Å². The summed E-state index contributed by atoms with van der Waals surface area (Å²) in [6.45, 7) is 6.27. The Morgan fingerprint density at radius 1 is 0.906 bits per heavy atom. The van der Waals surface area contributed by atoms with Gasteiger partial charge < -0.3 is 14.0 Å². The van der Waals surface area contributed by atoms with Gasteiger partial charge in [-0.1, -0.05) is 59.9 Å². The smallest absolute Gasteiger partial charge is 0.279 e. The average molecular weight is 447 g/mol. The predicted octanol–water partition coefficient (Wildman–Crippen LogP) is 5.55. The van der Waals surface area contributed by atoms with Gasteiger partial charge in [0, 0.05) is 18.7 Å². The van der Waals surface area contributed by atoms with Crippen LogP contribution < -0.4 is 9.54 Å². The summed E-state index contributed by atoms with van der Waals surface area (Å²) in [5.41, 5.74) is 3.69. The quantitative estimate of drug-likeness (QED) is 0.334. The van der Waals surface area contributed by atoms with E-state index in [0.717, 1.165) is 27.1 Å². The molecule has 1 aromatic heterocycles. The molecule has 164 valence electrons. The van der Waals surface area contributed by atoms with Gasteiger partial charge in [0.25, 0.3) is 5.91 Å². The molecule has 4 aromatic rings. The number of carbonyl (C=O) groups excluding carboxylic acids is 1. The van der Waals surface area contributed by atoms with Crippen LogP contribution in [0, 0.1) is 0 Å². The van der Waals surface area contributed by atoms with Gasteiger partial charge in [-0.25, -0.2) is 0 Å². The number of para-hydroxylation sites is 1. The van der Waals surface area contributed by atoms with E-state index in [1.807, 2.05) is 79.1 Å². The van der Waals surface area contributed by atoms with Crippen LogP contribution in [0.2, 0.25) is 0 Å². The van der Waals surface area contributed by atoms with Crippen LogP contribution in [0.25, 0.3) is 21.3 Å². The van der Waals surface area contributed by atoms with E-state index >= 15 is 0 Å². The molecule has 0 N–H and O–H groups in total. The highest BCUT2D eigenvalue weighted by Gasteiger charge is 2.13. The molecule has 5 nitrogen and oxygen atoms in total. The highest BCUT2D eigenvalue weighted by molar-refractivity contribution is 7.16. The Balaban J connectivity index is 1.71. The molecule has 1 heterocycles. The minimum absolute atomic E-state index is 0.265. The molecule has 0 aliphatic heterocycles. The van der Waals surface area contributed by atoms with E-state index in [9.17, 15) is 4.79 Å². The first-order valence-corrected chi connectivity index (χ1v) is 11.6. The summed E-state index contributed by atoms with van der Waals surface area (Å²) < 4.78 is 14.5. The van der Waals surface area contributed by atoms with Gasteiger partial charge >= 0.3 is 0 Å². The molecule has 0 aliphatic carbocycles. The van der Waals surface area contributed by atoms with Gasteiger partial charge in [-0.15, -0.1) is 0 Å². The Bertz CT molecular complexity index is 1260. The van der Waals surface area contributed by atoms with E-state index in [2.05, 4.69) is 17.1 Å². The van der Waals surface area contributed by atoms with E-state index in [4.69, 9.17) is 9.47 Å². The van der Waals surface area contributed by atoms with Gasteiger partial charge in [-0.3, -0.25) is 4.79 Å². The van der Waals surface area contributed by atoms with Crippen molar-refractivity contribution in [2.24, 2.45) is 4.99 Å². The monoisotopic (exact) mass is 446 g/mol. The number of amides is 1. The molecule has 0 spiro atoms. The van der Waals surface area contributed by atoms with Gasteiger partial charge in [-0.05, 0) is 49.2 Å². The number of ether oxygens (including phenoxy) is 2. The van der Waals surface area contributed by atoms with Crippen molar-refractivity contribution in [1.82, 2.24) is 4.57 Å². The summed E-state index contributed by atoms with van der Waals surface area (Å²) >= 11 is 1.48. The summed E-state index contributed by atoms with van der Waals surface area (Å²) in [6, 6.07) is 23.6. The first kappa shape index (κ1) is 22.0. The van der Waals surface area contributed by atoms with Crippen LogP contribution in [0.15, 0.2) is 77.8 Å². The maximum absolute atomic E-state index is 13.0. The first-order chi connectivity index (χ1) is 15.7. The fourth-order valence-electron chi connectivity index (χ4n) is 3.55. The largest absolute Gasteiger partial charge is 0.492 e. The van der Waals surface area contributed by atoms with Crippen molar-refractivity contribution in [1.29, 1.82) is 0 Å². The third kappa shape index (κ3) is 4.82.